The molecule has 0 aliphatic rings. The molecule has 0 fully saturated rings. The van der Waals surface area contributed by atoms with Crippen LogP contribution < -0.4 is 4.74 Å². The van der Waals surface area contributed by atoms with Crippen LogP contribution in [0.1, 0.15) is 0 Å². The van der Waals surface area contributed by atoms with E-state index in [1.165, 1.54) is 0 Å². The summed E-state index contributed by atoms with van der Waals surface area (Å²) in [5.41, 5.74) is 0. The fourth-order valence-corrected chi connectivity index (χ4v) is 3.16. The van der Waals surface area contributed by atoms with Crippen LogP contribution in [0, 0.1) is 3.57 Å². The first-order valence-corrected chi connectivity index (χ1v) is 6.89. The van der Waals surface area contributed by atoms with Crippen LogP contribution in [0.4, 0.5) is 0 Å². The van der Waals surface area contributed by atoms with Gasteiger partial charge in [0.05, 0.1) is 10.7 Å². The summed E-state index contributed by atoms with van der Waals surface area (Å²) < 4.78 is 6.31. The summed E-state index contributed by atoms with van der Waals surface area (Å²) in [6, 6.07) is 13.3. The van der Waals surface area contributed by atoms with Gasteiger partial charge < -0.3 is 9.84 Å². The predicted molar refractivity (Wildman–Crippen MR) is 77.9 cm³/mol. The molecular formula is C13H11IO2S. The number of halogens is 1. The minimum atomic E-state index is 0.290. The summed E-state index contributed by atoms with van der Waals surface area (Å²) in [4.78, 5) is 2.25. The SMILES string of the molecule is COc1ccc(Sc2ccc(O)cc2)cc1I. The van der Waals surface area contributed by atoms with E-state index in [9.17, 15) is 5.11 Å². The molecule has 0 radical (unpaired) electrons. The van der Waals surface area contributed by atoms with Crippen LogP contribution >= 0.6 is 34.4 Å². The molecule has 0 heterocycles. The third kappa shape index (κ3) is 3.29. The molecule has 0 bridgehead atoms. The highest BCUT2D eigenvalue weighted by molar-refractivity contribution is 14.1. The van der Waals surface area contributed by atoms with Gasteiger partial charge in [-0.05, 0) is 65.1 Å². The summed E-state index contributed by atoms with van der Waals surface area (Å²) in [6.45, 7) is 0. The summed E-state index contributed by atoms with van der Waals surface area (Å²) in [5.74, 6) is 1.18. The van der Waals surface area contributed by atoms with Gasteiger partial charge in [0.25, 0.3) is 0 Å². The molecule has 0 amide bonds. The number of hydrogen-bond acceptors (Lipinski definition) is 3. The van der Waals surface area contributed by atoms with E-state index in [0.29, 0.717) is 5.75 Å². The molecule has 17 heavy (non-hydrogen) atoms. The second-order valence-electron chi connectivity index (χ2n) is 3.39. The third-order valence-corrected chi connectivity index (χ3v) is 4.04. The zero-order chi connectivity index (χ0) is 12.3. The standard InChI is InChI=1S/C13H11IO2S/c1-16-13-7-6-11(8-12(13)14)17-10-4-2-9(15)3-5-10/h2-8,15H,1H3. The minimum Gasteiger partial charge on any atom is -0.508 e. The highest BCUT2D eigenvalue weighted by Gasteiger charge is 2.03. The first-order chi connectivity index (χ1) is 8.19. The minimum absolute atomic E-state index is 0.290. The monoisotopic (exact) mass is 358 g/mol. The van der Waals surface area contributed by atoms with Gasteiger partial charge in [-0.3, -0.25) is 0 Å². The summed E-state index contributed by atoms with van der Waals surface area (Å²) in [5, 5.41) is 9.21. The molecule has 0 saturated heterocycles. The number of rotatable bonds is 3. The maximum Gasteiger partial charge on any atom is 0.132 e. The second kappa shape index (κ2) is 5.64. The summed E-state index contributed by atoms with van der Waals surface area (Å²) >= 11 is 3.91. The molecule has 1 N–H and O–H groups in total. The van der Waals surface area contributed by atoms with Crippen molar-refractivity contribution in [1.29, 1.82) is 0 Å². The van der Waals surface area contributed by atoms with E-state index in [2.05, 4.69) is 28.7 Å². The molecule has 0 atom stereocenters. The molecule has 2 aromatic rings. The lowest BCUT2D eigenvalue weighted by atomic mass is 10.3. The van der Waals surface area contributed by atoms with Crippen molar-refractivity contribution in [3.05, 3.63) is 46.0 Å². The Balaban J connectivity index is 2.19. The van der Waals surface area contributed by atoms with E-state index in [1.807, 2.05) is 24.3 Å². The highest BCUT2D eigenvalue weighted by atomic mass is 127. The van der Waals surface area contributed by atoms with Gasteiger partial charge in [-0.2, -0.15) is 0 Å². The molecule has 0 saturated carbocycles. The Hall–Kier alpha value is -0.880. The molecule has 2 aromatic carbocycles. The van der Waals surface area contributed by atoms with E-state index < -0.39 is 0 Å². The Morgan fingerprint density at radius 2 is 1.71 bits per heavy atom. The number of methoxy groups -OCH3 is 1. The zero-order valence-electron chi connectivity index (χ0n) is 9.18. The molecule has 0 spiro atoms. The molecule has 2 rings (SSSR count). The number of phenols is 1. The van der Waals surface area contributed by atoms with E-state index in [1.54, 1.807) is 31.0 Å². The normalized spacial score (nSPS) is 10.2. The lowest BCUT2D eigenvalue weighted by molar-refractivity contribution is 0.411. The maximum atomic E-state index is 9.21. The largest absolute Gasteiger partial charge is 0.508 e. The Kier molecular flexibility index (Phi) is 4.17. The number of aromatic hydroxyl groups is 1. The Morgan fingerprint density at radius 1 is 1.06 bits per heavy atom. The van der Waals surface area contributed by atoms with Crippen molar-refractivity contribution in [2.45, 2.75) is 9.79 Å². The van der Waals surface area contributed by atoms with E-state index in [0.717, 1.165) is 19.1 Å². The smallest absolute Gasteiger partial charge is 0.132 e. The third-order valence-electron chi connectivity index (χ3n) is 2.20. The average Bonchev–Trinajstić information content (AvgIpc) is 2.32. The molecule has 2 nitrogen and oxygen atoms in total. The highest BCUT2D eigenvalue weighted by Crippen LogP contribution is 2.32. The molecule has 0 aromatic heterocycles. The van der Waals surface area contributed by atoms with Gasteiger partial charge in [-0.1, -0.05) is 11.8 Å². The van der Waals surface area contributed by atoms with Gasteiger partial charge in [0, 0.05) is 9.79 Å². The predicted octanol–water partition coefficient (Wildman–Crippen LogP) is 4.16. The quantitative estimate of drug-likeness (QED) is 0.836. The van der Waals surface area contributed by atoms with Crippen molar-refractivity contribution >= 4 is 34.4 Å². The van der Waals surface area contributed by atoms with E-state index in [4.69, 9.17) is 4.74 Å². The lowest BCUT2D eigenvalue weighted by Gasteiger charge is -2.06. The zero-order valence-corrected chi connectivity index (χ0v) is 12.2. The van der Waals surface area contributed by atoms with Crippen molar-refractivity contribution in [2.75, 3.05) is 7.11 Å². The van der Waals surface area contributed by atoms with Gasteiger partial charge >= 0.3 is 0 Å². The number of hydrogen-bond donors (Lipinski definition) is 1. The van der Waals surface area contributed by atoms with Crippen molar-refractivity contribution in [2.24, 2.45) is 0 Å². The Bertz CT molecular complexity index is 511. The van der Waals surface area contributed by atoms with Crippen molar-refractivity contribution in [3.8, 4) is 11.5 Å². The van der Waals surface area contributed by atoms with Crippen LogP contribution in [0.3, 0.4) is 0 Å². The average molecular weight is 358 g/mol. The molecular weight excluding hydrogens is 347 g/mol. The number of benzene rings is 2. The van der Waals surface area contributed by atoms with Crippen LogP contribution in [-0.4, -0.2) is 12.2 Å². The van der Waals surface area contributed by atoms with Gasteiger partial charge in [-0.25, -0.2) is 0 Å². The van der Waals surface area contributed by atoms with Gasteiger partial charge in [0.2, 0.25) is 0 Å². The molecule has 0 aliphatic heterocycles. The van der Waals surface area contributed by atoms with Crippen molar-refractivity contribution in [1.82, 2.24) is 0 Å². The van der Waals surface area contributed by atoms with Crippen LogP contribution in [0.15, 0.2) is 52.3 Å². The summed E-state index contributed by atoms with van der Waals surface area (Å²) in [7, 11) is 1.67. The van der Waals surface area contributed by atoms with E-state index >= 15 is 0 Å². The fraction of sp³-hybridized carbons (Fsp3) is 0.0769. The number of phenolic OH excluding ortho intramolecular Hbond substituents is 1. The molecule has 0 aliphatic carbocycles. The molecule has 88 valence electrons. The van der Waals surface area contributed by atoms with Gasteiger partial charge in [0.15, 0.2) is 0 Å². The van der Waals surface area contributed by atoms with Crippen molar-refractivity contribution < 1.29 is 9.84 Å². The Labute approximate surface area is 118 Å². The first kappa shape index (κ1) is 12.6. The Morgan fingerprint density at radius 3 is 2.29 bits per heavy atom. The maximum absolute atomic E-state index is 9.21. The second-order valence-corrected chi connectivity index (χ2v) is 5.70. The van der Waals surface area contributed by atoms with Crippen molar-refractivity contribution in [3.63, 3.8) is 0 Å². The summed E-state index contributed by atoms with van der Waals surface area (Å²) in [6.07, 6.45) is 0. The van der Waals surface area contributed by atoms with Gasteiger partial charge in [0.1, 0.15) is 11.5 Å². The topological polar surface area (TPSA) is 29.5 Å². The van der Waals surface area contributed by atoms with E-state index in [-0.39, 0.29) is 0 Å². The van der Waals surface area contributed by atoms with Gasteiger partial charge in [-0.15, -0.1) is 0 Å². The van der Waals surface area contributed by atoms with Crippen LogP contribution in [-0.2, 0) is 0 Å². The first-order valence-electron chi connectivity index (χ1n) is 4.99. The fourth-order valence-electron chi connectivity index (χ4n) is 1.36. The van der Waals surface area contributed by atoms with Crippen LogP contribution in [0.5, 0.6) is 11.5 Å². The van der Waals surface area contributed by atoms with Crippen LogP contribution in [0.2, 0.25) is 0 Å². The molecule has 0 unspecified atom stereocenters. The number of ether oxygens (including phenoxy) is 1. The lowest BCUT2D eigenvalue weighted by Crippen LogP contribution is -1.86. The van der Waals surface area contributed by atoms with Crippen LogP contribution in [0.25, 0.3) is 0 Å². The molecule has 4 heteroatoms.